The highest BCUT2D eigenvalue weighted by Crippen LogP contribution is 2.16. The van der Waals surface area contributed by atoms with E-state index in [2.05, 4.69) is 106 Å². The number of hydrogen-bond donors (Lipinski definition) is 0. The SMILES string of the molecule is CCC/C=C\C/C=C\CCCCCCCC(=O)OCC(COC(=O)CCCCCCCCCCCC/C=C\C/C=C\C/C=C\CCCCCCC)OC(=O)CCCCCCCCC/C=C\C/C=C\CCCCCC. The molecule has 6 heteroatoms. The summed E-state index contributed by atoms with van der Waals surface area (Å²) in [5, 5.41) is 0. The fourth-order valence-corrected chi connectivity index (χ4v) is 8.81. The Hall–Kier alpha value is -3.41. The van der Waals surface area contributed by atoms with E-state index in [0.717, 1.165) is 116 Å². The third kappa shape index (κ3) is 59.5. The van der Waals surface area contributed by atoms with Gasteiger partial charge < -0.3 is 14.2 Å². The summed E-state index contributed by atoms with van der Waals surface area (Å²) in [7, 11) is 0. The predicted molar refractivity (Wildman–Crippen MR) is 321 cm³/mol. The fourth-order valence-electron chi connectivity index (χ4n) is 8.81. The van der Waals surface area contributed by atoms with Gasteiger partial charge in [0, 0.05) is 19.3 Å². The number of carbonyl (C=O) groups excluding carboxylic acids is 3. The molecule has 1 unspecified atom stereocenters. The van der Waals surface area contributed by atoms with Crippen molar-refractivity contribution in [3.8, 4) is 0 Å². The van der Waals surface area contributed by atoms with Crippen LogP contribution in [0.1, 0.15) is 310 Å². The minimum absolute atomic E-state index is 0.0859. The Morgan fingerprint density at radius 2 is 0.514 bits per heavy atom. The Bertz CT molecular complexity index is 1420. The highest BCUT2D eigenvalue weighted by molar-refractivity contribution is 5.71. The van der Waals surface area contributed by atoms with Crippen LogP contribution in [-0.2, 0) is 28.6 Å². The number of unbranched alkanes of at least 4 members (excludes halogenated alkanes) is 32. The van der Waals surface area contributed by atoms with E-state index in [1.165, 1.54) is 154 Å². The molecule has 6 nitrogen and oxygen atoms in total. The zero-order valence-corrected chi connectivity index (χ0v) is 48.8. The van der Waals surface area contributed by atoms with E-state index < -0.39 is 6.10 Å². The average molecular weight is 1030 g/mol. The van der Waals surface area contributed by atoms with Crippen molar-refractivity contribution in [1.29, 1.82) is 0 Å². The molecule has 0 aromatic carbocycles. The molecule has 0 saturated carbocycles. The van der Waals surface area contributed by atoms with Gasteiger partial charge in [-0.05, 0) is 116 Å². The topological polar surface area (TPSA) is 78.9 Å². The third-order valence-electron chi connectivity index (χ3n) is 13.6. The van der Waals surface area contributed by atoms with Gasteiger partial charge in [-0.2, -0.15) is 0 Å². The Balaban J connectivity index is 4.33. The van der Waals surface area contributed by atoms with Crippen LogP contribution < -0.4 is 0 Å². The van der Waals surface area contributed by atoms with Crippen molar-refractivity contribution in [3.63, 3.8) is 0 Å². The second kappa shape index (κ2) is 62.1. The molecule has 426 valence electrons. The second-order valence-corrected chi connectivity index (χ2v) is 21.0. The molecule has 0 N–H and O–H groups in total. The standard InChI is InChI=1S/C68H118O6/c1-4-7-10-13-16-19-22-25-27-29-31-32-33-34-35-36-37-39-40-43-46-49-52-55-58-61-67(70)73-64-65(63-72-66(69)60-57-54-51-48-45-42-24-21-18-15-12-9-6-3)74-68(71)62-59-56-53-50-47-44-41-38-30-28-26-23-20-17-14-11-8-5-2/h12,15,20-25,28-31,33-34,65H,4-11,13-14,16-19,26-27,32,35-64H2,1-3H3/b15-12-,23-20-,24-21-,25-22-,30-28-,31-29-,34-33-. The number of hydrogen-bond acceptors (Lipinski definition) is 6. The molecule has 0 aliphatic rings. The lowest BCUT2D eigenvalue weighted by molar-refractivity contribution is -0.167. The lowest BCUT2D eigenvalue weighted by atomic mass is 10.1. The summed E-state index contributed by atoms with van der Waals surface area (Å²) in [4.78, 5) is 38.3. The van der Waals surface area contributed by atoms with Crippen LogP contribution in [0.4, 0.5) is 0 Å². The van der Waals surface area contributed by atoms with Crippen molar-refractivity contribution in [2.24, 2.45) is 0 Å². The van der Waals surface area contributed by atoms with Crippen LogP contribution in [-0.4, -0.2) is 37.2 Å². The van der Waals surface area contributed by atoms with Crippen molar-refractivity contribution >= 4 is 17.9 Å². The van der Waals surface area contributed by atoms with Crippen LogP contribution in [0.5, 0.6) is 0 Å². The monoisotopic (exact) mass is 1030 g/mol. The van der Waals surface area contributed by atoms with E-state index in [0.29, 0.717) is 19.3 Å². The summed E-state index contributed by atoms with van der Waals surface area (Å²) in [6, 6.07) is 0. The molecule has 0 radical (unpaired) electrons. The van der Waals surface area contributed by atoms with Gasteiger partial charge in [-0.1, -0.05) is 260 Å². The first-order valence-electron chi connectivity index (χ1n) is 31.6. The first-order chi connectivity index (χ1) is 36.5. The Morgan fingerprint density at radius 1 is 0.270 bits per heavy atom. The van der Waals surface area contributed by atoms with Gasteiger partial charge in [0.2, 0.25) is 0 Å². The summed E-state index contributed by atoms with van der Waals surface area (Å²) in [6.45, 7) is 6.55. The summed E-state index contributed by atoms with van der Waals surface area (Å²) in [6.07, 6.45) is 81.5. The Morgan fingerprint density at radius 3 is 0.824 bits per heavy atom. The lowest BCUT2D eigenvalue weighted by Crippen LogP contribution is -2.30. The largest absolute Gasteiger partial charge is 0.462 e. The highest BCUT2D eigenvalue weighted by Gasteiger charge is 2.19. The van der Waals surface area contributed by atoms with E-state index >= 15 is 0 Å². The second-order valence-electron chi connectivity index (χ2n) is 21.0. The van der Waals surface area contributed by atoms with Crippen LogP contribution in [0.2, 0.25) is 0 Å². The Kier molecular flexibility index (Phi) is 59.3. The number of esters is 3. The summed E-state index contributed by atoms with van der Waals surface area (Å²) < 4.78 is 16.9. The van der Waals surface area contributed by atoms with Gasteiger partial charge >= 0.3 is 17.9 Å². The van der Waals surface area contributed by atoms with Crippen molar-refractivity contribution in [2.75, 3.05) is 13.2 Å². The van der Waals surface area contributed by atoms with Gasteiger partial charge in [-0.15, -0.1) is 0 Å². The lowest BCUT2D eigenvalue weighted by Gasteiger charge is -2.18. The van der Waals surface area contributed by atoms with Gasteiger partial charge in [-0.3, -0.25) is 14.4 Å². The number of rotatable bonds is 57. The first kappa shape index (κ1) is 70.6. The number of allylic oxidation sites excluding steroid dienone is 14. The minimum Gasteiger partial charge on any atom is -0.462 e. The molecule has 0 saturated heterocycles. The average Bonchev–Trinajstić information content (AvgIpc) is 3.40. The van der Waals surface area contributed by atoms with Gasteiger partial charge in [-0.25, -0.2) is 0 Å². The molecule has 74 heavy (non-hydrogen) atoms. The maximum absolute atomic E-state index is 12.9. The van der Waals surface area contributed by atoms with Gasteiger partial charge in [0.05, 0.1) is 0 Å². The van der Waals surface area contributed by atoms with Crippen molar-refractivity contribution in [1.82, 2.24) is 0 Å². The zero-order valence-electron chi connectivity index (χ0n) is 48.8. The number of carbonyl (C=O) groups is 3. The van der Waals surface area contributed by atoms with Gasteiger partial charge in [0.25, 0.3) is 0 Å². The summed E-state index contributed by atoms with van der Waals surface area (Å²) in [5.74, 6) is -0.903. The van der Waals surface area contributed by atoms with Gasteiger partial charge in [0.1, 0.15) is 13.2 Å². The van der Waals surface area contributed by atoms with Crippen LogP contribution in [0.15, 0.2) is 85.1 Å². The van der Waals surface area contributed by atoms with Gasteiger partial charge in [0.15, 0.2) is 6.10 Å². The fraction of sp³-hybridized carbons (Fsp3) is 0.750. The maximum atomic E-state index is 12.9. The quantitative estimate of drug-likeness (QED) is 0.0261. The van der Waals surface area contributed by atoms with Crippen LogP contribution in [0.3, 0.4) is 0 Å². The van der Waals surface area contributed by atoms with Crippen LogP contribution in [0, 0.1) is 0 Å². The van der Waals surface area contributed by atoms with E-state index in [9.17, 15) is 14.4 Å². The van der Waals surface area contributed by atoms with E-state index in [-0.39, 0.29) is 31.1 Å². The molecule has 0 heterocycles. The number of ether oxygens (including phenoxy) is 3. The smallest absolute Gasteiger partial charge is 0.306 e. The molecule has 0 aromatic heterocycles. The van der Waals surface area contributed by atoms with Crippen LogP contribution in [0.25, 0.3) is 0 Å². The Labute approximate surface area is 458 Å². The maximum Gasteiger partial charge on any atom is 0.306 e. The van der Waals surface area contributed by atoms with E-state index in [4.69, 9.17) is 14.2 Å². The first-order valence-corrected chi connectivity index (χ1v) is 31.6. The molecule has 0 aromatic rings. The van der Waals surface area contributed by atoms with Crippen LogP contribution >= 0.6 is 0 Å². The molecule has 0 aliphatic carbocycles. The predicted octanol–water partition coefficient (Wildman–Crippen LogP) is 21.5. The zero-order chi connectivity index (χ0) is 53.6. The molecule has 0 rings (SSSR count). The minimum atomic E-state index is -0.790. The molecule has 0 amide bonds. The molecule has 0 spiro atoms. The van der Waals surface area contributed by atoms with Crippen molar-refractivity contribution in [3.05, 3.63) is 85.1 Å². The van der Waals surface area contributed by atoms with E-state index in [1.54, 1.807) is 0 Å². The normalized spacial score (nSPS) is 12.6. The molecule has 1 atom stereocenters. The summed E-state index contributed by atoms with van der Waals surface area (Å²) >= 11 is 0. The summed E-state index contributed by atoms with van der Waals surface area (Å²) in [5.41, 5.74) is 0. The van der Waals surface area contributed by atoms with E-state index in [1.807, 2.05) is 0 Å². The molecule has 0 bridgehead atoms. The highest BCUT2D eigenvalue weighted by atomic mass is 16.6. The molecule has 0 aliphatic heterocycles. The molecule has 0 fully saturated rings. The van der Waals surface area contributed by atoms with Crippen molar-refractivity contribution in [2.45, 2.75) is 316 Å². The third-order valence-corrected chi connectivity index (χ3v) is 13.6. The molecular formula is C68H118O6. The van der Waals surface area contributed by atoms with Crippen molar-refractivity contribution < 1.29 is 28.6 Å². The molecular weight excluding hydrogens is 913 g/mol.